The first-order valence-corrected chi connectivity index (χ1v) is 8.04. The summed E-state index contributed by atoms with van der Waals surface area (Å²) in [5, 5.41) is 4.81. The second kappa shape index (κ2) is 6.27. The summed E-state index contributed by atoms with van der Waals surface area (Å²) in [4.78, 5) is 2.47. The second-order valence-electron chi connectivity index (χ2n) is 5.49. The van der Waals surface area contributed by atoms with Crippen LogP contribution in [0.15, 0.2) is 0 Å². The predicted octanol–water partition coefficient (Wildman–Crippen LogP) is 2.34. The average Bonchev–Trinajstić information content (AvgIpc) is 2.29. The van der Waals surface area contributed by atoms with Gasteiger partial charge in [0.2, 0.25) is 0 Å². The largest absolute Gasteiger partial charge is 0.310 e. The number of rotatable bonds is 3. The van der Waals surface area contributed by atoms with E-state index in [1.807, 2.05) is 0 Å². The molecule has 94 valence electrons. The van der Waals surface area contributed by atoms with Crippen molar-refractivity contribution in [2.45, 2.75) is 55.9 Å². The highest BCUT2D eigenvalue weighted by molar-refractivity contribution is 7.99. The molecule has 0 aromatic heterocycles. The Bertz CT molecular complexity index is 210. The van der Waals surface area contributed by atoms with Gasteiger partial charge in [0.05, 0.1) is 0 Å². The minimum absolute atomic E-state index is 0.754. The van der Waals surface area contributed by atoms with Gasteiger partial charge < -0.3 is 10.2 Å². The van der Waals surface area contributed by atoms with Gasteiger partial charge in [-0.05, 0) is 52.0 Å². The molecular weight excluding hydrogens is 216 g/mol. The Labute approximate surface area is 105 Å². The van der Waals surface area contributed by atoms with Crippen molar-refractivity contribution in [3.63, 3.8) is 0 Å². The molecule has 1 heterocycles. The topological polar surface area (TPSA) is 15.3 Å². The molecule has 3 heteroatoms. The number of nitrogens with one attached hydrogen (secondary N) is 1. The lowest BCUT2D eigenvalue weighted by atomic mass is 9.93. The van der Waals surface area contributed by atoms with Gasteiger partial charge in [0.25, 0.3) is 0 Å². The summed E-state index contributed by atoms with van der Waals surface area (Å²) in [6, 6.07) is 1.55. The van der Waals surface area contributed by atoms with Gasteiger partial charge in [0.1, 0.15) is 0 Å². The van der Waals surface area contributed by atoms with Crippen LogP contribution in [-0.4, -0.2) is 48.6 Å². The Hall–Kier alpha value is 0.270. The van der Waals surface area contributed by atoms with E-state index in [9.17, 15) is 0 Å². The van der Waals surface area contributed by atoms with Gasteiger partial charge in [-0.25, -0.2) is 0 Å². The van der Waals surface area contributed by atoms with Crippen LogP contribution >= 0.6 is 11.8 Å². The van der Waals surface area contributed by atoms with Crippen molar-refractivity contribution < 1.29 is 0 Å². The average molecular weight is 242 g/mol. The lowest BCUT2D eigenvalue weighted by Gasteiger charge is -2.36. The second-order valence-corrected chi connectivity index (χ2v) is 6.63. The minimum atomic E-state index is 0.754. The van der Waals surface area contributed by atoms with Crippen molar-refractivity contribution in [3.8, 4) is 0 Å². The van der Waals surface area contributed by atoms with Crippen LogP contribution in [0.2, 0.25) is 0 Å². The Morgan fingerprint density at radius 1 is 1.12 bits per heavy atom. The van der Waals surface area contributed by atoms with Crippen molar-refractivity contribution in [2.24, 2.45) is 0 Å². The van der Waals surface area contributed by atoms with Crippen LogP contribution in [0.3, 0.4) is 0 Å². The highest BCUT2D eigenvalue weighted by Crippen LogP contribution is 2.27. The quantitative estimate of drug-likeness (QED) is 0.818. The zero-order chi connectivity index (χ0) is 11.4. The molecule has 1 aliphatic heterocycles. The Morgan fingerprint density at radius 3 is 2.69 bits per heavy atom. The molecular formula is C13H26N2S. The lowest BCUT2D eigenvalue weighted by molar-refractivity contribution is 0.206. The molecule has 2 rings (SSSR count). The Kier molecular flexibility index (Phi) is 4.98. The summed E-state index contributed by atoms with van der Waals surface area (Å²) < 4.78 is 0. The van der Waals surface area contributed by atoms with Crippen molar-refractivity contribution in [1.82, 2.24) is 10.2 Å². The monoisotopic (exact) mass is 242 g/mol. The zero-order valence-corrected chi connectivity index (χ0v) is 11.6. The van der Waals surface area contributed by atoms with Crippen LogP contribution in [0.4, 0.5) is 0 Å². The molecule has 0 aromatic carbocycles. The maximum absolute atomic E-state index is 3.90. The van der Waals surface area contributed by atoms with Crippen LogP contribution < -0.4 is 5.32 Å². The fourth-order valence-corrected chi connectivity index (χ4v) is 3.97. The van der Waals surface area contributed by atoms with E-state index in [2.05, 4.69) is 35.3 Å². The van der Waals surface area contributed by atoms with E-state index in [1.54, 1.807) is 0 Å². The lowest BCUT2D eigenvalue weighted by Crippen LogP contribution is -2.49. The van der Waals surface area contributed by atoms with E-state index in [0.717, 1.165) is 17.3 Å². The first-order valence-electron chi connectivity index (χ1n) is 6.75. The number of likely N-dealkylation sites (N-methyl/N-ethyl adjacent to an activating group) is 1. The maximum Gasteiger partial charge on any atom is 0.0197 e. The maximum atomic E-state index is 3.90. The summed E-state index contributed by atoms with van der Waals surface area (Å²) in [6.07, 6.45) is 10.7. The first kappa shape index (κ1) is 12.7. The summed E-state index contributed by atoms with van der Waals surface area (Å²) in [5.74, 6) is 0. The fraction of sp³-hybridized carbons (Fsp3) is 1.00. The smallest absolute Gasteiger partial charge is 0.0197 e. The molecule has 2 fully saturated rings. The molecule has 1 saturated heterocycles. The van der Waals surface area contributed by atoms with Crippen molar-refractivity contribution in [2.75, 3.05) is 26.4 Å². The number of likely N-dealkylation sites (tertiary alicyclic amines) is 1. The Balaban J connectivity index is 1.75. The molecule has 0 radical (unpaired) electrons. The van der Waals surface area contributed by atoms with E-state index in [0.29, 0.717) is 0 Å². The van der Waals surface area contributed by atoms with Gasteiger partial charge in [-0.3, -0.25) is 0 Å². The summed E-state index contributed by atoms with van der Waals surface area (Å²) in [5.41, 5.74) is 0. The molecule has 0 aromatic rings. The predicted molar refractivity (Wildman–Crippen MR) is 73.2 cm³/mol. The third-order valence-electron chi connectivity index (χ3n) is 4.06. The number of piperidine rings is 1. The van der Waals surface area contributed by atoms with E-state index in [4.69, 9.17) is 0 Å². The SMILES string of the molecule is CSC1CCCC(NC2CCCN(C)C2)C1. The fourth-order valence-electron chi connectivity index (χ4n) is 3.15. The van der Waals surface area contributed by atoms with E-state index < -0.39 is 0 Å². The molecule has 1 saturated carbocycles. The van der Waals surface area contributed by atoms with Gasteiger partial charge >= 0.3 is 0 Å². The number of thioether (sulfide) groups is 1. The molecule has 3 unspecified atom stereocenters. The summed E-state index contributed by atoms with van der Waals surface area (Å²) >= 11 is 2.06. The molecule has 2 aliphatic rings. The van der Waals surface area contributed by atoms with Crippen LogP contribution in [0.5, 0.6) is 0 Å². The van der Waals surface area contributed by atoms with Crippen LogP contribution in [-0.2, 0) is 0 Å². The van der Waals surface area contributed by atoms with Crippen LogP contribution in [0.1, 0.15) is 38.5 Å². The minimum Gasteiger partial charge on any atom is -0.310 e. The highest BCUT2D eigenvalue weighted by Gasteiger charge is 2.25. The normalized spacial score (nSPS) is 37.5. The Morgan fingerprint density at radius 2 is 1.94 bits per heavy atom. The van der Waals surface area contributed by atoms with Crippen molar-refractivity contribution in [3.05, 3.63) is 0 Å². The number of hydrogen-bond acceptors (Lipinski definition) is 3. The number of hydrogen-bond donors (Lipinski definition) is 1. The highest BCUT2D eigenvalue weighted by atomic mass is 32.2. The van der Waals surface area contributed by atoms with Gasteiger partial charge in [0.15, 0.2) is 0 Å². The van der Waals surface area contributed by atoms with Gasteiger partial charge in [-0.2, -0.15) is 11.8 Å². The molecule has 0 amide bonds. The van der Waals surface area contributed by atoms with Crippen LogP contribution in [0, 0.1) is 0 Å². The zero-order valence-electron chi connectivity index (χ0n) is 10.7. The van der Waals surface area contributed by atoms with Gasteiger partial charge in [0, 0.05) is 23.9 Å². The van der Waals surface area contributed by atoms with Crippen molar-refractivity contribution >= 4 is 11.8 Å². The third kappa shape index (κ3) is 3.64. The van der Waals surface area contributed by atoms with E-state index >= 15 is 0 Å². The molecule has 16 heavy (non-hydrogen) atoms. The standard InChI is InChI=1S/C13H26N2S/c1-15-8-4-6-12(10-15)14-11-5-3-7-13(9-11)16-2/h11-14H,3-10H2,1-2H3. The molecule has 0 spiro atoms. The van der Waals surface area contributed by atoms with Crippen molar-refractivity contribution in [1.29, 1.82) is 0 Å². The summed E-state index contributed by atoms with van der Waals surface area (Å²) in [6.45, 7) is 2.54. The molecule has 1 aliphatic carbocycles. The van der Waals surface area contributed by atoms with E-state index in [1.165, 1.54) is 51.6 Å². The van der Waals surface area contributed by atoms with Gasteiger partial charge in [-0.15, -0.1) is 0 Å². The van der Waals surface area contributed by atoms with Gasteiger partial charge in [-0.1, -0.05) is 6.42 Å². The first-order chi connectivity index (χ1) is 7.78. The molecule has 0 bridgehead atoms. The molecule has 3 atom stereocenters. The summed E-state index contributed by atoms with van der Waals surface area (Å²) in [7, 11) is 2.25. The van der Waals surface area contributed by atoms with E-state index in [-0.39, 0.29) is 0 Å². The number of nitrogens with zero attached hydrogens (tertiary/aromatic N) is 1. The third-order valence-corrected chi connectivity index (χ3v) is 5.15. The van der Waals surface area contributed by atoms with Crippen LogP contribution in [0.25, 0.3) is 0 Å². The molecule has 2 nitrogen and oxygen atoms in total. The molecule has 1 N–H and O–H groups in total.